The van der Waals surface area contributed by atoms with E-state index in [4.69, 9.17) is 23.7 Å². The summed E-state index contributed by atoms with van der Waals surface area (Å²) in [6, 6.07) is 0. The van der Waals surface area contributed by atoms with Gasteiger partial charge in [0, 0.05) is 49.3 Å². The molecule has 0 bridgehead atoms. The van der Waals surface area contributed by atoms with Crippen molar-refractivity contribution in [2.45, 2.75) is 122 Å². The predicted molar refractivity (Wildman–Crippen MR) is 176 cm³/mol. The van der Waals surface area contributed by atoms with Crippen LogP contribution in [0.5, 0.6) is 0 Å². The van der Waals surface area contributed by atoms with Crippen molar-refractivity contribution >= 4 is 17.9 Å². The Kier molecular flexibility index (Phi) is 13.3. The Hall–Kier alpha value is -4.07. The summed E-state index contributed by atoms with van der Waals surface area (Å²) in [4.78, 5) is 36.5. The van der Waals surface area contributed by atoms with Crippen LogP contribution >= 0.6 is 0 Å². The van der Waals surface area contributed by atoms with Gasteiger partial charge in [0.15, 0.2) is 0 Å². The van der Waals surface area contributed by atoms with Gasteiger partial charge in [0.25, 0.3) is 0 Å². The molecular weight excluding hydrogens is 584 g/mol. The highest BCUT2D eigenvalue weighted by Gasteiger charge is 2.35. The summed E-state index contributed by atoms with van der Waals surface area (Å²) >= 11 is 0. The van der Waals surface area contributed by atoms with Gasteiger partial charge in [0.1, 0.15) is 23.7 Å². The standard InChI is InChI=1S/C38H48O8/c1-5-8-9-10-12-33(34-25-26(4)37(40)45-34)42-30-23-17-29(18-24-30)38(41)44-32-21-15-28(16-22-32)27-13-19-31(20-14-27)43-36(11-6-2)46-35(39)7-3/h7,13,15,17,19,21,23,33-34,36H,3-6,8-12,14,16,18,20,22,24-25H2,1-2H3. The lowest BCUT2D eigenvalue weighted by Crippen LogP contribution is -2.29. The normalized spacial score (nSPS) is 20.9. The van der Waals surface area contributed by atoms with Crippen molar-refractivity contribution in [3.8, 4) is 0 Å². The van der Waals surface area contributed by atoms with Crippen LogP contribution in [0.25, 0.3) is 0 Å². The Labute approximate surface area is 273 Å². The molecule has 4 rings (SSSR count). The minimum absolute atomic E-state index is 0.226. The third-order valence-corrected chi connectivity index (χ3v) is 8.51. The Balaban J connectivity index is 1.30. The summed E-state index contributed by atoms with van der Waals surface area (Å²) in [5, 5.41) is 0. The number of esters is 3. The molecule has 0 aromatic rings. The van der Waals surface area contributed by atoms with Gasteiger partial charge >= 0.3 is 17.9 Å². The molecule has 0 aromatic heterocycles. The summed E-state index contributed by atoms with van der Waals surface area (Å²) in [6.45, 7) is 11.5. The number of ether oxygens (including phenoxy) is 5. The summed E-state index contributed by atoms with van der Waals surface area (Å²) in [5.74, 6) is 1.06. The molecule has 0 radical (unpaired) electrons. The van der Waals surface area contributed by atoms with Crippen molar-refractivity contribution in [3.05, 3.63) is 95.3 Å². The molecule has 4 aliphatic rings. The van der Waals surface area contributed by atoms with E-state index < -0.39 is 12.3 Å². The van der Waals surface area contributed by atoms with Crippen LogP contribution in [0.2, 0.25) is 0 Å². The third-order valence-electron chi connectivity index (χ3n) is 8.51. The highest BCUT2D eigenvalue weighted by molar-refractivity contribution is 5.90. The highest BCUT2D eigenvalue weighted by atomic mass is 16.7. The second-order valence-electron chi connectivity index (χ2n) is 12.1. The van der Waals surface area contributed by atoms with E-state index in [1.54, 1.807) is 6.08 Å². The zero-order valence-electron chi connectivity index (χ0n) is 27.4. The molecule has 1 heterocycles. The van der Waals surface area contributed by atoms with E-state index in [1.165, 1.54) is 11.1 Å². The molecule has 0 spiro atoms. The number of allylic oxidation sites excluding steroid dienone is 11. The fraction of sp³-hybridized carbons (Fsp3) is 0.500. The Morgan fingerprint density at radius 2 is 1.52 bits per heavy atom. The molecule has 1 fully saturated rings. The molecule has 8 nitrogen and oxygen atoms in total. The van der Waals surface area contributed by atoms with E-state index in [9.17, 15) is 14.4 Å². The van der Waals surface area contributed by atoms with E-state index in [-0.39, 0.29) is 24.1 Å². The number of carbonyl (C=O) groups is 3. The van der Waals surface area contributed by atoms with E-state index in [1.807, 2.05) is 31.2 Å². The van der Waals surface area contributed by atoms with E-state index in [0.29, 0.717) is 55.4 Å². The Morgan fingerprint density at radius 1 is 0.848 bits per heavy atom. The summed E-state index contributed by atoms with van der Waals surface area (Å²) in [7, 11) is 0. The maximum absolute atomic E-state index is 13.0. The van der Waals surface area contributed by atoms with Crippen LogP contribution < -0.4 is 0 Å². The Bertz CT molecular complexity index is 1340. The van der Waals surface area contributed by atoms with Crippen LogP contribution in [0.3, 0.4) is 0 Å². The van der Waals surface area contributed by atoms with Crippen molar-refractivity contribution in [3.63, 3.8) is 0 Å². The van der Waals surface area contributed by atoms with E-state index in [0.717, 1.165) is 69.0 Å². The lowest BCUT2D eigenvalue weighted by molar-refractivity contribution is -0.166. The first-order valence-electron chi connectivity index (χ1n) is 16.8. The van der Waals surface area contributed by atoms with Crippen LogP contribution in [-0.2, 0) is 38.1 Å². The van der Waals surface area contributed by atoms with Crippen molar-refractivity contribution in [1.82, 2.24) is 0 Å². The van der Waals surface area contributed by atoms with Gasteiger partial charge in [-0.2, -0.15) is 0 Å². The molecular formula is C38H48O8. The summed E-state index contributed by atoms with van der Waals surface area (Å²) < 4.78 is 28.9. The third kappa shape index (κ3) is 10.2. The van der Waals surface area contributed by atoms with Crippen LogP contribution in [0.1, 0.15) is 104 Å². The molecule has 0 amide bonds. The molecule has 3 atom stereocenters. The molecule has 0 saturated carbocycles. The van der Waals surface area contributed by atoms with Gasteiger partial charge < -0.3 is 23.7 Å². The molecule has 248 valence electrons. The van der Waals surface area contributed by atoms with Gasteiger partial charge in [-0.3, -0.25) is 0 Å². The molecule has 8 heteroatoms. The molecule has 1 aliphatic heterocycles. The smallest absolute Gasteiger partial charge is 0.339 e. The molecule has 1 saturated heterocycles. The van der Waals surface area contributed by atoms with E-state index >= 15 is 0 Å². The molecule has 0 aromatic carbocycles. The van der Waals surface area contributed by atoms with Crippen LogP contribution in [0, 0.1) is 0 Å². The zero-order chi connectivity index (χ0) is 32.9. The van der Waals surface area contributed by atoms with Crippen LogP contribution in [0.15, 0.2) is 95.3 Å². The summed E-state index contributed by atoms with van der Waals surface area (Å²) in [6.07, 6.45) is 22.7. The fourth-order valence-electron chi connectivity index (χ4n) is 5.83. The first-order chi connectivity index (χ1) is 22.3. The predicted octanol–water partition coefficient (Wildman–Crippen LogP) is 8.44. The van der Waals surface area contributed by atoms with Gasteiger partial charge in [0.05, 0.1) is 5.76 Å². The van der Waals surface area contributed by atoms with Gasteiger partial charge in [-0.15, -0.1) is 0 Å². The number of unbranched alkanes of at least 4 members (excludes halogenated alkanes) is 3. The minimum atomic E-state index is -0.615. The van der Waals surface area contributed by atoms with Gasteiger partial charge in [-0.25, -0.2) is 14.4 Å². The maximum atomic E-state index is 13.0. The largest absolute Gasteiger partial charge is 0.491 e. The van der Waals surface area contributed by atoms with Gasteiger partial charge in [-0.1, -0.05) is 58.4 Å². The van der Waals surface area contributed by atoms with Gasteiger partial charge in [0.2, 0.25) is 6.29 Å². The van der Waals surface area contributed by atoms with Crippen LogP contribution in [-0.4, -0.2) is 36.4 Å². The average Bonchev–Trinajstić information content (AvgIpc) is 3.40. The monoisotopic (exact) mass is 632 g/mol. The van der Waals surface area contributed by atoms with Crippen molar-refractivity contribution < 1.29 is 38.1 Å². The quantitative estimate of drug-likeness (QED) is 0.0518. The van der Waals surface area contributed by atoms with Gasteiger partial charge in [-0.05, 0) is 74.0 Å². The number of cyclic esters (lactones) is 1. The van der Waals surface area contributed by atoms with Crippen molar-refractivity contribution in [1.29, 1.82) is 0 Å². The number of hydrogen-bond acceptors (Lipinski definition) is 8. The topological polar surface area (TPSA) is 97.4 Å². The zero-order valence-corrected chi connectivity index (χ0v) is 27.4. The summed E-state index contributed by atoms with van der Waals surface area (Å²) in [5.41, 5.74) is 3.53. The SMILES string of the molecule is C=CC(=O)OC(CCC)OC1=CC=C(C2=CC=C(OC(=O)C3=CC=C(OC(CCCCCC)C4CC(=C)C(=O)O4)CC3)CC2)CC1. The number of hydrogen-bond donors (Lipinski definition) is 0. The lowest BCUT2D eigenvalue weighted by Gasteiger charge is -2.26. The van der Waals surface area contributed by atoms with Crippen LogP contribution in [0.4, 0.5) is 0 Å². The Morgan fingerprint density at radius 3 is 2.09 bits per heavy atom. The molecule has 46 heavy (non-hydrogen) atoms. The van der Waals surface area contributed by atoms with Crippen molar-refractivity contribution in [2.24, 2.45) is 0 Å². The number of carbonyl (C=O) groups excluding carboxylic acids is 3. The average molecular weight is 633 g/mol. The maximum Gasteiger partial charge on any atom is 0.339 e. The second kappa shape index (κ2) is 17.6. The molecule has 0 N–H and O–H groups in total. The highest BCUT2D eigenvalue weighted by Crippen LogP contribution is 2.33. The van der Waals surface area contributed by atoms with E-state index in [2.05, 4.69) is 26.2 Å². The lowest BCUT2D eigenvalue weighted by atomic mass is 9.90. The minimum Gasteiger partial charge on any atom is -0.491 e. The second-order valence-corrected chi connectivity index (χ2v) is 12.1. The first-order valence-corrected chi connectivity index (χ1v) is 16.8. The number of rotatable bonds is 17. The first kappa shape index (κ1) is 34.8. The van der Waals surface area contributed by atoms with Crippen molar-refractivity contribution in [2.75, 3.05) is 0 Å². The molecule has 3 aliphatic carbocycles. The molecule has 3 unspecified atom stereocenters. The fourth-order valence-corrected chi connectivity index (χ4v) is 5.83.